The minimum Gasteiger partial charge on any atom is -0.353 e. The monoisotopic (exact) mass is 540 g/mol. The van der Waals surface area contributed by atoms with E-state index < -0.39 is 0 Å². The zero-order valence-electron chi connectivity index (χ0n) is 23.7. The first-order valence-corrected chi connectivity index (χ1v) is 14.6. The second-order valence-electron chi connectivity index (χ2n) is 11.2. The number of hydrogen-bond acceptors (Lipinski definition) is 4. The Hall–Kier alpha value is -3.94. The fourth-order valence-electron chi connectivity index (χ4n) is 5.65. The van der Waals surface area contributed by atoms with Crippen LogP contribution in [0.5, 0.6) is 0 Å². The largest absolute Gasteiger partial charge is 0.353 e. The standard InChI is InChI=1S/C32H40N6O2/c1-23-16-17-27(18-24(23)2)34-32(40)22-38-21-28(35-36-38)20-37-19-25(29-13-7-8-14-30(29)37)10-9-15-31(39)33-26-11-5-3-4-6-12-26/h7-8,13-14,16-19,21,26H,3-6,9-12,15,20,22H2,1-2H3,(H,33,39)(H,34,40). The Labute approximate surface area is 236 Å². The summed E-state index contributed by atoms with van der Waals surface area (Å²) < 4.78 is 3.75. The van der Waals surface area contributed by atoms with Crippen LogP contribution < -0.4 is 10.6 Å². The van der Waals surface area contributed by atoms with Crippen LogP contribution in [0.25, 0.3) is 10.9 Å². The molecule has 0 radical (unpaired) electrons. The highest BCUT2D eigenvalue weighted by atomic mass is 16.2. The van der Waals surface area contributed by atoms with E-state index in [1.807, 2.05) is 44.3 Å². The highest BCUT2D eigenvalue weighted by Gasteiger charge is 2.16. The SMILES string of the molecule is Cc1ccc(NC(=O)Cn2cc(Cn3cc(CCCC(=O)NC4CCCCCC4)c4ccccc43)nn2)cc1C. The van der Waals surface area contributed by atoms with Crippen molar-refractivity contribution in [2.24, 2.45) is 0 Å². The molecule has 2 N–H and O–H groups in total. The van der Waals surface area contributed by atoms with Crippen LogP contribution in [-0.4, -0.2) is 37.4 Å². The molecule has 0 spiro atoms. The Morgan fingerprint density at radius 3 is 2.55 bits per heavy atom. The first-order chi connectivity index (χ1) is 19.4. The van der Waals surface area contributed by atoms with Crippen molar-refractivity contribution in [2.75, 3.05) is 5.32 Å². The smallest absolute Gasteiger partial charge is 0.246 e. The third kappa shape index (κ3) is 7.17. The van der Waals surface area contributed by atoms with E-state index in [2.05, 4.69) is 49.9 Å². The van der Waals surface area contributed by atoms with Gasteiger partial charge in [0, 0.05) is 35.2 Å². The molecule has 0 bridgehead atoms. The Morgan fingerprint density at radius 2 is 1.75 bits per heavy atom. The minimum absolute atomic E-state index is 0.0977. The highest BCUT2D eigenvalue weighted by molar-refractivity contribution is 5.90. The summed E-state index contributed by atoms with van der Waals surface area (Å²) in [5, 5.41) is 15.9. The third-order valence-electron chi connectivity index (χ3n) is 7.96. The number of carbonyl (C=O) groups is 2. The summed E-state index contributed by atoms with van der Waals surface area (Å²) in [5.41, 5.74) is 6.25. The summed E-state index contributed by atoms with van der Waals surface area (Å²) in [6.45, 7) is 4.73. The van der Waals surface area contributed by atoms with E-state index in [9.17, 15) is 9.59 Å². The average Bonchev–Trinajstić information content (AvgIpc) is 3.41. The number of carbonyl (C=O) groups excluding carboxylic acids is 2. The number of benzene rings is 2. The van der Waals surface area contributed by atoms with Gasteiger partial charge in [-0.3, -0.25) is 9.59 Å². The Morgan fingerprint density at radius 1 is 0.950 bits per heavy atom. The van der Waals surface area contributed by atoms with E-state index in [0.29, 0.717) is 19.0 Å². The maximum atomic E-state index is 12.6. The predicted molar refractivity (Wildman–Crippen MR) is 158 cm³/mol. The Kier molecular flexibility index (Phi) is 8.94. The molecule has 8 heteroatoms. The molecular formula is C32H40N6O2. The molecule has 1 aliphatic rings. The first-order valence-electron chi connectivity index (χ1n) is 14.6. The molecule has 0 unspecified atom stereocenters. The molecule has 2 aromatic heterocycles. The number of nitrogens with one attached hydrogen (secondary N) is 2. The lowest BCUT2D eigenvalue weighted by Crippen LogP contribution is -2.34. The fraction of sp³-hybridized carbons (Fsp3) is 0.438. The number of rotatable bonds is 10. The normalized spacial score (nSPS) is 14.2. The van der Waals surface area contributed by atoms with Crippen molar-refractivity contribution < 1.29 is 9.59 Å². The minimum atomic E-state index is -0.142. The van der Waals surface area contributed by atoms with Crippen LogP contribution in [0.4, 0.5) is 5.69 Å². The van der Waals surface area contributed by atoms with Gasteiger partial charge in [-0.1, -0.05) is 55.2 Å². The van der Waals surface area contributed by atoms with Gasteiger partial charge in [0.15, 0.2) is 0 Å². The summed E-state index contributed by atoms with van der Waals surface area (Å²) in [6, 6.07) is 14.6. The number of nitrogens with zero attached hydrogens (tertiary/aromatic N) is 4. The number of anilines is 1. The molecule has 4 aromatic rings. The zero-order valence-corrected chi connectivity index (χ0v) is 23.7. The quantitative estimate of drug-likeness (QED) is 0.252. The second-order valence-corrected chi connectivity index (χ2v) is 11.2. The van der Waals surface area contributed by atoms with Crippen LogP contribution in [0.15, 0.2) is 54.9 Å². The molecule has 5 rings (SSSR count). The average molecular weight is 541 g/mol. The molecule has 8 nitrogen and oxygen atoms in total. The molecular weight excluding hydrogens is 500 g/mol. The number of para-hydroxylation sites is 1. The highest BCUT2D eigenvalue weighted by Crippen LogP contribution is 2.24. The Bertz CT molecular complexity index is 1460. The summed E-state index contributed by atoms with van der Waals surface area (Å²) in [4.78, 5) is 25.1. The summed E-state index contributed by atoms with van der Waals surface area (Å²) in [5.74, 6) is 0.0327. The van der Waals surface area contributed by atoms with Crippen LogP contribution in [0.1, 0.15) is 73.8 Å². The summed E-state index contributed by atoms with van der Waals surface area (Å²) >= 11 is 0. The molecule has 40 heavy (non-hydrogen) atoms. The lowest BCUT2D eigenvalue weighted by Gasteiger charge is -2.16. The summed E-state index contributed by atoms with van der Waals surface area (Å²) in [7, 11) is 0. The number of aromatic nitrogens is 4. The molecule has 1 fully saturated rings. The molecule has 0 atom stereocenters. The van der Waals surface area contributed by atoms with Crippen LogP contribution in [0, 0.1) is 13.8 Å². The Balaban J connectivity index is 1.17. The molecule has 1 saturated carbocycles. The number of fused-ring (bicyclic) bond motifs is 1. The van der Waals surface area contributed by atoms with Crippen molar-refractivity contribution in [3.05, 3.63) is 77.2 Å². The van der Waals surface area contributed by atoms with E-state index in [1.54, 1.807) is 4.68 Å². The topological polar surface area (TPSA) is 93.8 Å². The number of aryl methyl sites for hydroxylation is 3. The van der Waals surface area contributed by atoms with Crippen LogP contribution in [0.2, 0.25) is 0 Å². The van der Waals surface area contributed by atoms with E-state index in [-0.39, 0.29) is 18.4 Å². The summed E-state index contributed by atoms with van der Waals surface area (Å²) in [6.07, 6.45) is 13.4. The van der Waals surface area contributed by atoms with Gasteiger partial charge in [-0.25, -0.2) is 4.68 Å². The fourth-order valence-corrected chi connectivity index (χ4v) is 5.65. The van der Waals surface area contributed by atoms with E-state index >= 15 is 0 Å². The van der Waals surface area contributed by atoms with Gasteiger partial charge in [-0.2, -0.15) is 0 Å². The molecule has 2 heterocycles. The lowest BCUT2D eigenvalue weighted by molar-refractivity contribution is -0.122. The van der Waals surface area contributed by atoms with Gasteiger partial charge < -0.3 is 15.2 Å². The van der Waals surface area contributed by atoms with Gasteiger partial charge in [0.05, 0.1) is 12.7 Å². The maximum Gasteiger partial charge on any atom is 0.246 e. The van der Waals surface area contributed by atoms with Crippen LogP contribution in [-0.2, 0) is 29.1 Å². The second kappa shape index (κ2) is 12.9. The van der Waals surface area contributed by atoms with E-state index in [4.69, 9.17) is 0 Å². The third-order valence-corrected chi connectivity index (χ3v) is 7.96. The van der Waals surface area contributed by atoms with Gasteiger partial charge in [0.25, 0.3) is 0 Å². The van der Waals surface area contributed by atoms with Crippen molar-refractivity contribution in [2.45, 2.75) is 90.8 Å². The van der Waals surface area contributed by atoms with Crippen molar-refractivity contribution in [1.29, 1.82) is 0 Å². The van der Waals surface area contributed by atoms with Crippen molar-refractivity contribution >= 4 is 28.4 Å². The van der Waals surface area contributed by atoms with Crippen molar-refractivity contribution in [1.82, 2.24) is 24.9 Å². The molecule has 1 aliphatic carbocycles. The zero-order chi connectivity index (χ0) is 27.9. The lowest BCUT2D eigenvalue weighted by atomic mass is 10.1. The van der Waals surface area contributed by atoms with Gasteiger partial charge >= 0.3 is 0 Å². The van der Waals surface area contributed by atoms with Crippen molar-refractivity contribution in [3.8, 4) is 0 Å². The van der Waals surface area contributed by atoms with Crippen LogP contribution in [0.3, 0.4) is 0 Å². The van der Waals surface area contributed by atoms with Crippen molar-refractivity contribution in [3.63, 3.8) is 0 Å². The molecule has 2 aromatic carbocycles. The maximum absolute atomic E-state index is 12.6. The van der Waals surface area contributed by atoms with Gasteiger partial charge in [-0.15, -0.1) is 5.10 Å². The van der Waals surface area contributed by atoms with E-state index in [0.717, 1.165) is 48.1 Å². The molecule has 210 valence electrons. The molecule has 0 aliphatic heterocycles. The predicted octanol–water partition coefficient (Wildman–Crippen LogP) is 5.70. The van der Waals surface area contributed by atoms with Gasteiger partial charge in [0.2, 0.25) is 11.8 Å². The van der Waals surface area contributed by atoms with Gasteiger partial charge in [-0.05, 0) is 74.4 Å². The van der Waals surface area contributed by atoms with Gasteiger partial charge in [0.1, 0.15) is 12.2 Å². The number of hydrogen-bond donors (Lipinski definition) is 2. The van der Waals surface area contributed by atoms with E-state index in [1.165, 1.54) is 42.2 Å². The number of amides is 2. The first kappa shape index (κ1) is 27.6. The molecule has 0 saturated heterocycles. The molecule has 2 amide bonds. The van der Waals surface area contributed by atoms with Crippen LogP contribution >= 0.6 is 0 Å².